The van der Waals surface area contributed by atoms with Crippen molar-refractivity contribution in [2.75, 3.05) is 6.61 Å². The van der Waals surface area contributed by atoms with E-state index in [-0.39, 0.29) is 5.91 Å². The maximum Gasteiger partial charge on any atom is 0.254 e. The van der Waals surface area contributed by atoms with Crippen LogP contribution in [-0.2, 0) is 13.1 Å². The summed E-state index contributed by atoms with van der Waals surface area (Å²) in [6, 6.07) is 19.3. The molecule has 140 valence electrons. The van der Waals surface area contributed by atoms with E-state index in [1.54, 1.807) is 11.2 Å². The van der Waals surface area contributed by atoms with Gasteiger partial charge in [-0.15, -0.1) is 0 Å². The van der Waals surface area contributed by atoms with Gasteiger partial charge in [-0.3, -0.25) is 4.79 Å². The van der Waals surface area contributed by atoms with Gasteiger partial charge >= 0.3 is 0 Å². The van der Waals surface area contributed by atoms with Crippen LogP contribution in [-0.4, -0.2) is 17.4 Å². The van der Waals surface area contributed by atoms with Crippen LogP contribution in [0.25, 0.3) is 0 Å². The standard InChI is InChI=1S/C23H25NO3/c1-3-14-26-21-12-10-20(11-13-21)23(25)24(17-22-5-4-15-27-22)16-19-8-6-18(2)7-9-19/h4-13,15H,3,14,16-17H2,1-2H3. The number of hydrogen-bond acceptors (Lipinski definition) is 3. The fraction of sp³-hybridized carbons (Fsp3) is 0.261. The van der Waals surface area contributed by atoms with E-state index >= 15 is 0 Å². The van der Waals surface area contributed by atoms with Gasteiger partial charge in [0.25, 0.3) is 5.91 Å². The van der Waals surface area contributed by atoms with E-state index in [0.29, 0.717) is 25.3 Å². The summed E-state index contributed by atoms with van der Waals surface area (Å²) in [5, 5.41) is 0. The Kier molecular flexibility index (Phi) is 6.31. The molecule has 4 nitrogen and oxygen atoms in total. The Morgan fingerprint density at radius 3 is 2.37 bits per heavy atom. The zero-order chi connectivity index (χ0) is 19.1. The maximum absolute atomic E-state index is 13.1. The second-order valence-corrected chi connectivity index (χ2v) is 6.60. The summed E-state index contributed by atoms with van der Waals surface area (Å²) in [6.45, 7) is 5.74. The average Bonchev–Trinajstić information content (AvgIpc) is 3.20. The molecule has 1 heterocycles. The van der Waals surface area contributed by atoms with Crippen LogP contribution in [0, 0.1) is 6.92 Å². The van der Waals surface area contributed by atoms with Crippen LogP contribution in [0.5, 0.6) is 5.75 Å². The van der Waals surface area contributed by atoms with Crippen molar-refractivity contribution in [1.82, 2.24) is 4.90 Å². The van der Waals surface area contributed by atoms with E-state index in [0.717, 1.165) is 23.5 Å². The summed E-state index contributed by atoms with van der Waals surface area (Å²) in [4.78, 5) is 14.9. The third-order valence-corrected chi connectivity index (χ3v) is 4.28. The van der Waals surface area contributed by atoms with E-state index in [9.17, 15) is 4.79 Å². The van der Waals surface area contributed by atoms with Crippen molar-refractivity contribution in [2.24, 2.45) is 0 Å². The topological polar surface area (TPSA) is 42.7 Å². The first-order valence-corrected chi connectivity index (χ1v) is 9.26. The molecule has 1 amide bonds. The number of rotatable bonds is 8. The van der Waals surface area contributed by atoms with E-state index in [1.807, 2.05) is 36.4 Å². The molecule has 0 saturated carbocycles. The van der Waals surface area contributed by atoms with Crippen molar-refractivity contribution < 1.29 is 13.9 Å². The van der Waals surface area contributed by atoms with Gasteiger partial charge in [-0.1, -0.05) is 36.8 Å². The normalized spacial score (nSPS) is 10.6. The largest absolute Gasteiger partial charge is 0.494 e. The van der Waals surface area contributed by atoms with Crippen LogP contribution in [0.15, 0.2) is 71.3 Å². The van der Waals surface area contributed by atoms with Crippen LogP contribution in [0.3, 0.4) is 0 Å². The van der Waals surface area contributed by atoms with Gasteiger partial charge in [0, 0.05) is 12.1 Å². The molecule has 4 heteroatoms. The molecule has 0 atom stereocenters. The molecule has 0 bridgehead atoms. The zero-order valence-corrected chi connectivity index (χ0v) is 15.9. The molecule has 2 aromatic carbocycles. The molecular weight excluding hydrogens is 338 g/mol. The summed E-state index contributed by atoms with van der Waals surface area (Å²) in [5.74, 6) is 1.51. The third-order valence-electron chi connectivity index (χ3n) is 4.28. The van der Waals surface area contributed by atoms with Crippen molar-refractivity contribution in [3.05, 3.63) is 89.4 Å². The Bertz CT molecular complexity index is 836. The Labute approximate surface area is 160 Å². The lowest BCUT2D eigenvalue weighted by atomic mass is 10.1. The van der Waals surface area contributed by atoms with Crippen molar-refractivity contribution in [1.29, 1.82) is 0 Å². The highest BCUT2D eigenvalue weighted by atomic mass is 16.5. The smallest absolute Gasteiger partial charge is 0.254 e. The van der Waals surface area contributed by atoms with Gasteiger partial charge in [-0.25, -0.2) is 0 Å². The number of hydrogen-bond donors (Lipinski definition) is 0. The van der Waals surface area contributed by atoms with E-state index < -0.39 is 0 Å². The number of nitrogens with zero attached hydrogens (tertiary/aromatic N) is 1. The first-order chi connectivity index (χ1) is 13.2. The number of ether oxygens (including phenoxy) is 1. The summed E-state index contributed by atoms with van der Waals surface area (Å²) in [7, 11) is 0. The zero-order valence-electron chi connectivity index (χ0n) is 15.9. The highest BCUT2D eigenvalue weighted by molar-refractivity contribution is 5.94. The molecule has 27 heavy (non-hydrogen) atoms. The lowest BCUT2D eigenvalue weighted by molar-refractivity contribution is 0.0717. The molecule has 0 aliphatic heterocycles. The van der Waals surface area contributed by atoms with Crippen molar-refractivity contribution in [2.45, 2.75) is 33.4 Å². The lowest BCUT2D eigenvalue weighted by Crippen LogP contribution is -2.30. The second kappa shape index (κ2) is 9.08. The maximum atomic E-state index is 13.1. The van der Waals surface area contributed by atoms with E-state index in [1.165, 1.54) is 5.56 Å². The van der Waals surface area contributed by atoms with Gasteiger partial charge in [0.05, 0.1) is 19.4 Å². The molecule has 0 fully saturated rings. The van der Waals surface area contributed by atoms with E-state index in [2.05, 4.69) is 38.1 Å². The average molecular weight is 363 g/mol. The summed E-state index contributed by atoms with van der Waals surface area (Å²) < 4.78 is 11.1. The summed E-state index contributed by atoms with van der Waals surface area (Å²) >= 11 is 0. The number of aryl methyl sites for hydroxylation is 1. The third kappa shape index (κ3) is 5.23. The highest BCUT2D eigenvalue weighted by Gasteiger charge is 2.18. The van der Waals surface area contributed by atoms with Gasteiger partial charge in [-0.05, 0) is 55.3 Å². The Morgan fingerprint density at radius 2 is 1.74 bits per heavy atom. The van der Waals surface area contributed by atoms with Crippen LogP contribution in [0.1, 0.15) is 40.6 Å². The fourth-order valence-electron chi connectivity index (χ4n) is 2.80. The molecule has 3 aromatic rings. The Hall–Kier alpha value is -3.01. The van der Waals surface area contributed by atoms with Crippen LogP contribution < -0.4 is 4.74 Å². The number of carbonyl (C=O) groups is 1. The molecule has 3 rings (SSSR count). The molecular formula is C23H25NO3. The molecule has 0 radical (unpaired) electrons. The number of carbonyl (C=O) groups excluding carboxylic acids is 1. The number of furan rings is 1. The van der Waals surface area contributed by atoms with Gasteiger partial charge in [-0.2, -0.15) is 0 Å². The van der Waals surface area contributed by atoms with Gasteiger partial charge in [0.1, 0.15) is 11.5 Å². The lowest BCUT2D eigenvalue weighted by Gasteiger charge is -2.22. The van der Waals surface area contributed by atoms with Crippen LogP contribution in [0.2, 0.25) is 0 Å². The molecule has 0 spiro atoms. The fourth-order valence-corrected chi connectivity index (χ4v) is 2.80. The molecule has 0 saturated heterocycles. The van der Waals surface area contributed by atoms with Crippen molar-refractivity contribution in [3.63, 3.8) is 0 Å². The summed E-state index contributed by atoms with van der Waals surface area (Å²) in [6.07, 6.45) is 2.58. The number of benzene rings is 2. The molecule has 0 N–H and O–H groups in total. The Balaban J connectivity index is 1.78. The quantitative estimate of drug-likeness (QED) is 0.551. The SMILES string of the molecule is CCCOc1ccc(C(=O)N(Cc2ccc(C)cc2)Cc2ccco2)cc1. The number of amides is 1. The minimum Gasteiger partial charge on any atom is -0.494 e. The molecule has 0 aliphatic rings. The first-order valence-electron chi connectivity index (χ1n) is 9.26. The van der Waals surface area contributed by atoms with Crippen LogP contribution in [0.4, 0.5) is 0 Å². The van der Waals surface area contributed by atoms with Crippen molar-refractivity contribution in [3.8, 4) is 5.75 Å². The molecule has 0 unspecified atom stereocenters. The first kappa shape index (κ1) is 18.8. The van der Waals surface area contributed by atoms with Crippen molar-refractivity contribution >= 4 is 5.91 Å². The summed E-state index contributed by atoms with van der Waals surface area (Å²) in [5.41, 5.74) is 2.92. The predicted octanol–water partition coefficient (Wildman–Crippen LogP) is 5.22. The molecule has 0 aliphatic carbocycles. The predicted molar refractivity (Wildman–Crippen MR) is 106 cm³/mol. The van der Waals surface area contributed by atoms with Crippen LogP contribution >= 0.6 is 0 Å². The molecule has 1 aromatic heterocycles. The van der Waals surface area contributed by atoms with Gasteiger partial charge in [0.2, 0.25) is 0 Å². The van der Waals surface area contributed by atoms with E-state index in [4.69, 9.17) is 9.15 Å². The highest BCUT2D eigenvalue weighted by Crippen LogP contribution is 2.18. The second-order valence-electron chi connectivity index (χ2n) is 6.60. The monoisotopic (exact) mass is 363 g/mol. The minimum absolute atomic E-state index is 0.0333. The Morgan fingerprint density at radius 1 is 1.00 bits per heavy atom. The van der Waals surface area contributed by atoms with Gasteiger partial charge < -0.3 is 14.1 Å². The minimum atomic E-state index is -0.0333. The van der Waals surface area contributed by atoms with Gasteiger partial charge in [0.15, 0.2) is 0 Å².